The maximum Gasteiger partial charge on any atom is 0.339 e. The SMILES string of the molecule is O=C(O)c1cc(S(=O)(=O)[O-])ccc1O.c1cc(-c2cc[nH+]cc2)ccn1. The smallest absolute Gasteiger partial charge is 0.339 e. The number of nitrogens with zero attached hydrogens (tertiary/aromatic N) is 1. The number of H-pyrrole nitrogens is 1. The van der Waals surface area contributed by atoms with Gasteiger partial charge in [0.1, 0.15) is 21.4 Å². The summed E-state index contributed by atoms with van der Waals surface area (Å²) in [6.45, 7) is 0. The predicted molar refractivity (Wildman–Crippen MR) is 89.3 cm³/mol. The summed E-state index contributed by atoms with van der Waals surface area (Å²) < 4.78 is 31.5. The van der Waals surface area contributed by atoms with Crippen LogP contribution >= 0.6 is 0 Å². The Bertz CT molecular complexity index is 955. The monoisotopic (exact) mass is 374 g/mol. The lowest BCUT2D eigenvalue weighted by Gasteiger charge is -2.08. The van der Waals surface area contributed by atoms with E-state index in [2.05, 4.69) is 9.97 Å². The van der Waals surface area contributed by atoms with Gasteiger partial charge < -0.3 is 14.8 Å². The summed E-state index contributed by atoms with van der Waals surface area (Å²) in [6.07, 6.45) is 7.42. The molecule has 3 rings (SSSR count). The van der Waals surface area contributed by atoms with Crippen molar-refractivity contribution in [3.63, 3.8) is 0 Å². The number of aromatic carboxylic acids is 1. The molecule has 0 unspecified atom stereocenters. The van der Waals surface area contributed by atoms with E-state index in [0.717, 1.165) is 12.1 Å². The normalized spacial score (nSPS) is 10.5. The lowest BCUT2D eigenvalue weighted by atomic mass is 10.1. The first-order valence-corrected chi connectivity index (χ1v) is 8.58. The minimum atomic E-state index is -4.70. The van der Waals surface area contributed by atoms with Gasteiger partial charge >= 0.3 is 5.97 Å². The standard InChI is InChI=1S/C10H8N2.C7H6O6S/c1-5-11-6-2-9(1)10-3-7-12-8-4-10;8-6-2-1-4(14(11,12)13)3-5(6)7(9)10/h1-8H;1-3,8H,(H,9,10)(H,11,12,13). The first-order chi connectivity index (χ1) is 12.3. The van der Waals surface area contributed by atoms with Crippen molar-refractivity contribution >= 4 is 16.1 Å². The van der Waals surface area contributed by atoms with E-state index in [1.807, 2.05) is 36.7 Å². The van der Waals surface area contributed by atoms with E-state index in [-0.39, 0.29) is 0 Å². The third-order valence-corrected chi connectivity index (χ3v) is 4.05. The van der Waals surface area contributed by atoms with Crippen molar-refractivity contribution in [2.24, 2.45) is 0 Å². The molecule has 0 aliphatic carbocycles. The van der Waals surface area contributed by atoms with Gasteiger partial charge in [0.15, 0.2) is 12.4 Å². The number of nitrogens with one attached hydrogen (secondary N) is 1. The highest BCUT2D eigenvalue weighted by atomic mass is 32.2. The van der Waals surface area contributed by atoms with E-state index in [0.29, 0.717) is 6.07 Å². The molecule has 0 radical (unpaired) electrons. The molecule has 0 amide bonds. The van der Waals surface area contributed by atoms with E-state index in [1.165, 1.54) is 11.1 Å². The van der Waals surface area contributed by atoms with Crippen molar-refractivity contribution in [2.75, 3.05) is 0 Å². The lowest BCUT2D eigenvalue weighted by molar-refractivity contribution is -0.377. The summed E-state index contributed by atoms with van der Waals surface area (Å²) in [6, 6.07) is 10.4. The summed E-state index contributed by atoms with van der Waals surface area (Å²) in [5.74, 6) is -2.10. The molecule has 0 aliphatic heterocycles. The zero-order valence-electron chi connectivity index (χ0n) is 13.2. The van der Waals surface area contributed by atoms with Crippen LogP contribution in [0.5, 0.6) is 5.75 Å². The van der Waals surface area contributed by atoms with E-state index < -0.39 is 32.3 Å². The van der Waals surface area contributed by atoms with Gasteiger partial charge in [-0.25, -0.2) is 18.2 Å². The van der Waals surface area contributed by atoms with Gasteiger partial charge in [-0.1, -0.05) is 0 Å². The molecular formula is C17H14N2O6S. The highest BCUT2D eigenvalue weighted by Crippen LogP contribution is 2.20. The van der Waals surface area contributed by atoms with Crippen LogP contribution in [-0.2, 0) is 10.1 Å². The summed E-state index contributed by atoms with van der Waals surface area (Å²) >= 11 is 0. The molecule has 9 heteroatoms. The molecule has 0 spiro atoms. The highest BCUT2D eigenvalue weighted by molar-refractivity contribution is 7.85. The average Bonchev–Trinajstić information content (AvgIpc) is 2.63. The Morgan fingerprint density at radius 2 is 1.58 bits per heavy atom. The maximum absolute atomic E-state index is 10.5. The van der Waals surface area contributed by atoms with E-state index in [9.17, 15) is 17.8 Å². The number of aromatic hydroxyl groups is 1. The average molecular weight is 374 g/mol. The quantitative estimate of drug-likeness (QED) is 0.662. The van der Waals surface area contributed by atoms with Gasteiger partial charge in [-0.05, 0) is 41.5 Å². The van der Waals surface area contributed by atoms with Crippen LogP contribution < -0.4 is 4.98 Å². The van der Waals surface area contributed by atoms with Gasteiger partial charge in [-0.2, -0.15) is 0 Å². The Labute approximate surface area is 149 Å². The molecular weight excluding hydrogens is 360 g/mol. The Morgan fingerprint density at radius 1 is 1.00 bits per heavy atom. The van der Waals surface area contributed by atoms with Crippen molar-refractivity contribution in [1.82, 2.24) is 4.98 Å². The summed E-state index contributed by atoms with van der Waals surface area (Å²) in [5, 5.41) is 17.5. The molecule has 0 saturated carbocycles. The second-order valence-corrected chi connectivity index (χ2v) is 6.34. The fourth-order valence-corrected chi connectivity index (χ4v) is 2.46. The summed E-state index contributed by atoms with van der Waals surface area (Å²) in [7, 11) is -4.70. The van der Waals surface area contributed by atoms with Crippen LogP contribution in [0.15, 0.2) is 72.1 Å². The topological polar surface area (TPSA) is 142 Å². The van der Waals surface area contributed by atoms with Crippen LogP contribution in [0.3, 0.4) is 0 Å². The molecule has 3 N–H and O–H groups in total. The lowest BCUT2D eigenvalue weighted by Crippen LogP contribution is -2.02. The molecule has 2 aromatic heterocycles. The van der Waals surface area contributed by atoms with E-state index >= 15 is 0 Å². The molecule has 0 atom stereocenters. The Kier molecular flexibility index (Phi) is 5.99. The fourth-order valence-electron chi connectivity index (χ4n) is 1.97. The number of aromatic nitrogens is 2. The van der Waals surface area contributed by atoms with Crippen LogP contribution in [0.4, 0.5) is 0 Å². The molecule has 0 bridgehead atoms. The number of benzene rings is 1. The van der Waals surface area contributed by atoms with Gasteiger partial charge in [0.25, 0.3) is 0 Å². The molecule has 0 fully saturated rings. The Hall–Kier alpha value is -3.30. The predicted octanol–water partition coefficient (Wildman–Crippen LogP) is 1.56. The van der Waals surface area contributed by atoms with Crippen LogP contribution in [0.25, 0.3) is 11.1 Å². The highest BCUT2D eigenvalue weighted by Gasteiger charge is 2.12. The van der Waals surface area contributed by atoms with E-state index in [1.54, 1.807) is 12.4 Å². The number of aromatic amines is 1. The summed E-state index contributed by atoms with van der Waals surface area (Å²) in [4.78, 5) is 16.7. The molecule has 0 aliphatic rings. The van der Waals surface area contributed by atoms with Crippen LogP contribution in [0.2, 0.25) is 0 Å². The zero-order valence-corrected chi connectivity index (χ0v) is 14.1. The molecule has 1 aromatic carbocycles. The van der Waals surface area contributed by atoms with Gasteiger partial charge in [0.05, 0.1) is 4.90 Å². The van der Waals surface area contributed by atoms with Gasteiger partial charge in [-0.15, -0.1) is 0 Å². The molecule has 0 saturated heterocycles. The van der Waals surface area contributed by atoms with E-state index in [4.69, 9.17) is 10.2 Å². The van der Waals surface area contributed by atoms with Crippen molar-refractivity contribution < 1.29 is 33.0 Å². The third-order valence-electron chi connectivity index (χ3n) is 3.22. The minimum Gasteiger partial charge on any atom is -0.744 e. The third kappa shape index (κ3) is 5.10. The van der Waals surface area contributed by atoms with Gasteiger partial charge in [0, 0.05) is 24.5 Å². The zero-order chi connectivity index (χ0) is 19.2. The van der Waals surface area contributed by atoms with Crippen molar-refractivity contribution in [3.05, 3.63) is 72.8 Å². The molecule has 134 valence electrons. The van der Waals surface area contributed by atoms with Crippen LogP contribution in [0, 0.1) is 0 Å². The van der Waals surface area contributed by atoms with Crippen molar-refractivity contribution in [1.29, 1.82) is 0 Å². The van der Waals surface area contributed by atoms with Gasteiger partial charge in [0.2, 0.25) is 0 Å². The molecule has 2 heterocycles. The number of carboxylic acid groups (broad SMARTS) is 1. The van der Waals surface area contributed by atoms with Gasteiger partial charge in [-0.3, -0.25) is 4.98 Å². The second kappa shape index (κ2) is 8.19. The minimum absolute atomic E-state index is 0.593. The maximum atomic E-state index is 10.5. The van der Waals surface area contributed by atoms with Crippen LogP contribution in [0.1, 0.15) is 10.4 Å². The first kappa shape index (κ1) is 19.0. The number of hydrogen-bond acceptors (Lipinski definition) is 6. The summed E-state index contributed by atoms with van der Waals surface area (Å²) in [5.41, 5.74) is 1.78. The number of carbonyl (C=O) groups is 1. The molecule has 26 heavy (non-hydrogen) atoms. The molecule has 8 nitrogen and oxygen atoms in total. The Morgan fingerprint density at radius 3 is 2.12 bits per heavy atom. The number of pyridine rings is 2. The number of rotatable bonds is 3. The number of hydrogen-bond donors (Lipinski definition) is 2. The Balaban J connectivity index is 0.000000189. The first-order valence-electron chi connectivity index (χ1n) is 7.18. The molecule has 3 aromatic rings. The number of carboxylic acids is 1. The van der Waals surface area contributed by atoms with Crippen molar-refractivity contribution in [2.45, 2.75) is 4.90 Å². The van der Waals surface area contributed by atoms with Crippen LogP contribution in [-0.4, -0.2) is 34.1 Å². The van der Waals surface area contributed by atoms with Crippen molar-refractivity contribution in [3.8, 4) is 16.9 Å². The largest absolute Gasteiger partial charge is 0.744 e. The second-order valence-electron chi connectivity index (χ2n) is 4.96. The number of phenols is 1. The fraction of sp³-hybridized carbons (Fsp3) is 0.